The highest BCUT2D eigenvalue weighted by molar-refractivity contribution is 6.04. The van der Waals surface area contributed by atoms with Gasteiger partial charge in [0.2, 0.25) is 11.8 Å². The Morgan fingerprint density at radius 3 is 2.39 bits per heavy atom. The third-order valence-corrected chi connectivity index (χ3v) is 3.16. The van der Waals surface area contributed by atoms with Crippen molar-refractivity contribution in [3.8, 4) is 0 Å². The van der Waals surface area contributed by atoms with Crippen molar-refractivity contribution < 1.29 is 19.1 Å². The van der Waals surface area contributed by atoms with E-state index >= 15 is 0 Å². The quantitative estimate of drug-likeness (QED) is 0.740. The molecular formula is C16H23N3O4. The molecule has 1 aromatic rings. The topological polar surface area (TPSA) is 79.0 Å². The van der Waals surface area contributed by atoms with Crippen LogP contribution in [0.5, 0.6) is 0 Å². The maximum absolute atomic E-state index is 12.0. The molecule has 23 heavy (non-hydrogen) atoms. The van der Waals surface area contributed by atoms with Gasteiger partial charge < -0.3 is 19.9 Å². The van der Waals surface area contributed by atoms with Gasteiger partial charge in [-0.05, 0) is 26.2 Å². The summed E-state index contributed by atoms with van der Waals surface area (Å²) < 4.78 is 4.72. The Morgan fingerprint density at radius 1 is 1.17 bits per heavy atom. The van der Waals surface area contributed by atoms with Gasteiger partial charge in [0.25, 0.3) is 0 Å². The van der Waals surface area contributed by atoms with E-state index in [0.717, 1.165) is 0 Å². The molecule has 0 aliphatic heterocycles. The zero-order valence-electron chi connectivity index (χ0n) is 14.0. The van der Waals surface area contributed by atoms with Crippen LogP contribution in [0, 0.1) is 0 Å². The minimum absolute atomic E-state index is 0.156. The lowest BCUT2D eigenvalue weighted by atomic mass is 10.1. The van der Waals surface area contributed by atoms with Crippen LogP contribution in [0.15, 0.2) is 24.3 Å². The van der Waals surface area contributed by atoms with E-state index in [2.05, 4.69) is 5.32 Å². The number of benzene rings is 1. The Hall–Kier alpha value is -2.41. The Morgan fingerprint density at radius 2 is 1.83 bits per heavy atom. The van der Waals surface area contributed by atoms with Crippen molar-refractivity contribution in [2.24, 2.45) is 0 Å². The first-order chi connectivity index (χ1) is 10.9. The maximum atomic E-state index is 12.0. The highest BCUT2D eigenvalue weighted by atomic mass is 16.5. The van der Waals surface area contributed by atoms with Gasteiger partial charge in [0.05, 0.1) is 18.4 Å². The second kappa shape index (κ2) is 8.89. The van der Waals surface area contributed by atoms with Gasteiger partial charge in [0.15, 0.2) is 0 Å². The van der Waals surface area contributed by atoms with Crippen LogP contribution in [0.3, 0.4) is 0 Å². The van der Waals surface area contributed by atoms with E-state index < -0.39 is 5.97 Å². The molecule has 0 aliphatic carbocycles. The van der Waals surface area contributed by atoms with Crippen LogP contribution in [0.4, 0.5) is 5.69 Å². The minimum atomic E-state index is -0.556. The molecule has 7 heteroatoms. The molecule has 1 N–H and O–H groups in total. The molecule has 0 aliphatic rings. The van der Waals surface area contributed by atoms with Crippen molar-refractivity contribution in [2.45, 2.75) is 6.92 Å². The average Bonchev–Trinajstić information content (AvgIpc) is 2.51. The van der Waals surface area contributed by atoms with E-state index in [1.165, 1.54) is 18.9 Å². The summed E-state index contributed by atoms with van der Waals surface area (Å²) in [6.07, 6.45) is 0. The van der Waals surface area contributed by atoms with Crippen LogP contribution < -0.4 is 10.2 Å². The van der Waals surface area contributed by atoms with Crippen molar-refractivity contribution in [1.29, 1.82) is 0 Å². The third kappa shape index (κ3) is 5.71. The van der Waals surface area contributed by atoms with Crippen LogP contribution >= 0.6 is 0 Å². The molecule has 0 spiro atoms. The van der Waals surface area contributed by atoms with E-state index in [1.54, 1.807) is 24.3 Å². The lowest BCUT2D eigenvalue weighted by molar-refractivity contribution is -0.123. The number of methoxy groups -OCH3 is 1. The molecule has 2 amide bonds. The molecule has 0 saturated heterocycles. The predicted molar refractivity (Wildman–Crippen MR) is 87.4 cm³/mol. The van der Waals surface area contributed by atoms with Crippen LogP contribution in [-0.4, -0.2) is 63.5 Å². The van der Waals surface area contributed by atoms with Crippen LogP contribution in [0.1, 0.15) is 17.3 Å². The smallest absolute Gasteiger partial charge is 0.339 e. The Balaban J connectivity index is 2.89. The number of para-hydroxylation sites is 1. The Kier molecular flexibility index (Phi) is 7.21. The molecule has 1 rings (SSSR count). The zero-order chi connectivity index (χ0) is 17.4. The number of nitrogens with one attached hydrogen (secondary N) is 1. The number of ether oxygens (including phenoxy) is 1. The summed E-state index contributed by atoms with van der Waals surface area (Å²) in [7, 11) is 5.08. The van der Waals surface area contributed by atoms with Crippen molar-refractivity contribution in [3.63, 3.8) is 0 Å². The molecular weight excluding hydrogens is 298 g/mol. The fraction of sp³-hybridized carbons (Fsp3) is 0.438. The van der Waals surface area contributed by atoms with E-state index in [4.69, 9.17) is 4.74 Å². The largest absolute Gasteiger partial charge is 0.465 e. The van der Waals surface area contributed by atoms with Crippen molar-refractivity contribution >= 4 is 23.5 Å². The monoisotopic (exact) mass is 321 g/mol. The summed E-state index contributed by atoms with van der Waals surface area (Å²) >= 11 is 0. The molecule has 0 unspecified atom stereocenters. The summed E-state index contributed by atoms with van der Waals surface area (Å²) in [6, 6.07) is 6.54. The first-order valence-electron chi connectivity index (χ1n) is 7.23. The molecule has 0 fully saturated rings. The van der Waals surface area contributed by atoms with Gasteiger partial charge in [-0.1, -0.05) is 12.1 Å². The van der Waals surface area contributed by atoms with Crippen molar-refractivity contribution in [3.05, 3.63) is 29.8 Å². The van der Waals surface area contributed by atoms with E-state index in [1.807, 2.05) is 19.0 Å². The fourth-order valence-corrected chi connectivity index (χ4v) is 1.98. The molecule has 0 atom stereocenters. The molecule has 0 bridgehead atoms. The van der Waals surface area contributed by atoms with Gasteiger partial charge in [-0.2, -0.15) is 0 Å². The molecule has 0 heterocycles. The van der Waals surface area contributed by atoms with Gasteiger partial charge in [-0.25, -0.2) is 4.79 Å². The molecule has 1 aromatic carbocycles. The summed E-state index contributed by atoms with van der Waals surface area (Å²) in [5.41, 5.74) is 0.598. The summed E-state index contributed by atoms with van der Waals surface area (Å²) in [6.45, 7) is 2.37. The highest BCUT2D eigenvalue weighted by Crippen LogP contribution is 2.21. The third-order valence-electron chi connectivity index (χ3n) is 3.16. The molecule has 126 valence electrons. The number of likely N-dealkylation sites (N-methyl/N-ethyl adjacent to an activating group) is 1. The first kappa shape index (κ1) is 18.6. The van der Waals surface area contributed by atoms with Gasteiger partial charge in [0.1, 0.15) is 6.54 Å². The number of esters is 1. The zero-order valence-corrected chi connectivity index (χ0v) is 14.0. The SMILES string of the molecule is COC(=O)c1ccccc1N(CC(=O)NCCN(C)C)C(C)=O. The summed E-state index contributed by atoms with van der Waals surface area (Å²) in [5.74, 6) is -1.18. The first-order valence-corrected chi connectivity index (χ1v) is 7.23. The van der Waals surface area contributed by atoms with Crippen molar-refractivity contribution in [1.82, 2.24) is 10.2 Å². The van der Waals surface area contributed by atoms with E-state index in [-0.39, 0.29) is 23.9 Å². The normalized spacial score (nSPS) is 10.3. The number of hydrogen-bond acceptors (Lipinski definition) is 5. The second-order valence-electron chi connectivity index (χ2n) is 5.27. The lowest BCUT2D eigenvalue weighted by Gasteiger charge is -2.23. The van der Waals surface area contributed by atoms with Gasteiger partial charge >= 0.3 is 5.97 Å². The number of amides is 2. The maximum Gasteiger partial charge on any atom is 0.339 e. The van der Waals surface area contributed by atoms with Crippen LogP contribution in [0.2, 0.25) is 0 Å². The summed E-state index contributed by atoms with van der Waals surface area (Å²) in [4.78, 5) is 39.0. The number of anilines is 1. The van der Waals surface area contributed by atoms with E-state index in [0.29, 0.717) is 18.8 Å². The number of nitrogens with zero attached hydrogens (tertiary/aromatic N) is 2. The number of hydrogen-bond donors (Lipinski definition) is 1. The predicted octanol–water partition coefficient (Wildman–Crippen LogP) is 0.504. The van der Waals surface area contributed by atoms with Gasteiger partial charge in [0, 0.05) is 20.0 Å². The van der Waals surface area contributed by atoms with E-state index in [9.17, 15) is 14.4 Å². The Labute approximate surface area is 136 Å². The molecule has 7 nitrogen and oxygen atoms in total. The minimum Gasteiger partial charge on any atom is -0.465 e. The molecule has 0 aromatic heterocycles. The molecule has 0 saturated carbocycles. The van der Waals surface area contributed by atoms with Crippen LogP contribution in [-0.2, 0) is 14.3 Å². The summed E-state index contributed by atoms with van der Waals surface area (Å²) in [5, 5.41) is 2.74. The Bertz CT molecular complexity index is 572. The van der Waals surface area contributed by atoms with Gasteiger partial charge in [-0.15, -0.1) is 0 Å². The average molecular weight is 321 g/mol. The highest BCUT2D eigenvalue weighted by Gasteiger charge is 2.21. The fourth-order valence-electron chi connectivity index (χ4n) is 1.98. The van der Waals surface area contributed by atoms with Gasteiger partial charge in [-0.3, -0.25) is 9.59 Å². The van der Waals surface area contributed by atoms with Crippen molar-refractivity contribution in [2.75, 3.05) is 45.7 Å². The number of carbonyl (C=O) groups excluding carboxylic acids is 3. The number of carbonyl (C=O) groups is 3. The standard InChI is InChI=1S/C16H23N3O4/c1-12(20)19(11-15(21)17-9-10-18(2)3)14-8-6-5-7-13(14)16(22)23-4/h5-8H,9-11H2,1-4H3,(H,17,21). The van der Waals surface area contributed by atoms with Crippen LogP contribution in [0.25, 0.3) is 0 Å². The lowest BCUT2D eigenvalue weighted by Crippen LogP contribution is -2.42. The molecule has 0 radical (unpaired) electrons. The second-order valence-corrected chi connectivity index (χ2v) is 5.27. The number of rotatable bonds is 7.